The average Bonchev–Trinajstić information content (AvgIpc) is 3.01. The van der Waals surface area contributed by atoms with Crippen LogP contribution in [0.3, 0.4) is 0 Å². The van der Waals surface area contributed by atoms with Crippen molar-refractivity contribution in [3.63, 3.8) is 0 Å². The van der Waals surface area contributed by atoms with Crippen LogP contribution in [0.1, 0.15) is 141 Å². The highest BCUT2D eigenvalue weighted by atomic mass is 14.9. The van der Waals surface area contributed by atoms with Crippen LogP contribution in [0.15, 0.2) is 34.6 Å². The smallest absolute Gasteiger partial charge is 0.0178 e. The molecule has 0 spiro atoms. The maximum absolute atomic E-state index is 3.91. The van der Waals surface area contributed by atoms with E-state index < -0.39 is 0 Å². The summed E-state index contributed by atoms with van der Waals surface area (Å²) in [6.45, 7) is 1.28. The normalized spacial score (nSPS) is 42.3. The van der Waals surface area contributed by atoms with E-state index in [1.165, 1.54) is 109 Å². The van der Waals surface area contributed by atoms with Gasteiger partial charge in [0, 0.05) is 12.2 Å². The van der Waals surface area contributed by atoms with Crippen LogP contribution in [0.4, 0.5) is 0 Å². The van der Waals surface area contributed by atoms with Crippen molar-refractivity contribution in [3.05, 3.63) is 34.6 Å². The number of rotatable bonds is 4. The van der Waals surface area contributed by atoms with E-state index in [2.05, 4.69) is 17.5 Å². The van der Waals surface area contributed by atoms with Crippen LogP contribution in [0.2, 0.25) is 0 Å². The van der Waals surface area contributed by atoms with Gasteiger partial charge in [-0.2, -0.15) is 0 Å². The molecule has 38 heavy (non-hydrogen) atoms. The summed E-state index contributed by atoms with van der Waals surface area (Å²) >= 11 is 0. The molecule has 6 aliphatic carbocycles. The molecule has 1 heterocycles. The summed E-state index contributed by atoms with van der Waals surface area (Å²) in [6.07, 6.45) is 37.7. The lowest BCUT2D eigenvalue weighted by molar-refractivity contribution is 0.109. The lowest BCUT2D eigenvalue weighted by atomic mass is 9.62. The monoisotopic (exact) mass is 515 g/mol. The third-order valence-corrected chi connectivity index (χ3v) is 13.3. The summed E-state index contributed by atoms with van der Waals surface area (Å²) in [6, 6.07) is 0. The highest BCUT2D eigenvalue weighted by molar-refractivity contribution is 5.24. The Kier molecular flexibility index (Phi) is 8.10. The van der Waals surface area contributed by atoms with Crippen molar-refractivity contribution in [3.8, 4) is 0 Å². The maximum Gasteiger partial charge on any atom is 0.0178 e. The van der Waals surface area contributed by atoms with Crippen LogP contribution in [0.25, 0.3) is 0 Å². The first-order valence-electron chi connectivity index (χ1n) is 17.6. The van der Waals surface area contributed by atoms with E-state index >= 15 is 0 Å². The molecule has 4 unspecified atom stereocenters. The van der Waals surface area contributed by atoms with Gasteiger partial charge in [-0.15, -0.1) is 0 Å². The third kappa shape index (κ3) is 5.61. The van der Waals surface area contributed by atoms with Gasteiger partial charge in [0.25, 0.3) is 0 Å². The average molecular weight is 516 g/mol. The Bertz CT molecular complexity index is 905. The highest BCUT2D eigenvalue weighted by Gasteiger charge is 2.38. The molecule has 1 heteroatoms. The van der Waals surface area contributed by atoms with E-state index in [0.29, 0.717) is 0 Å². The Morgan fingerprint density at radius 2 is 1.08 bits per heavy atom. The highest BCUT2D eigenvalue weighted by Crippen LogP contribution is 2.50. The Balaban J connectivity index is 0.884. The molecule has 0 aromatic rings. The zero-order valence-corrected chi connectivity index (χ0v) is 24.5. The predicted molar refractivity (Wildman–Crippen MR) is 161 cm³/mol. The van der Waals surface area contributed by atoms with Gasteiger partial charge in [0.2, 0.25) is 0 Å². The maximum atomic E-state index is 3.91. The Labute approximate surface area is 234 Å². The Hall–Kier alpha value is -0.980. The topological polar surface area (TPSA) is 12.0 Å². The second-order valence-corrected chi connectivity index (χ2v) is 15.2. The first-order valence-corrected chi connectivity index (χ1v) is 17.6. The van der Waals surface area contributed by atoms with Gasteiger partial charge in [0.05, 0.1) is 0 Å². The van der Waals surface area contributed by atoms with Crippen molar-refractivity contribution >= 4 is 0 Å². The van der Waals surface area contributed by atoms with Crippen molar-refractivity contribution in [1.82, 2.24) is 5.32 Å². The minimum absolute atomic E-state index is 0.918. The van der Waals surface area contributed by atoms with Crippen LogP contribution in [-0.2, 0) is 0 Å². The van der Waals surface area contributed by atoms with Crippen LogP contribution in [0, 0.1) is 47.3 Å². The molecule has 0 amide bonds. The van der Waals surface area contributed by atoms with Gasteiger partial charge < -0.3 is 5.32 Å². The summed E-state index contributed by atoms with van der Waals surface area (Å²) < 4.78 is 0. The molecule has 0 aromatic heterocycles. The van der Waals surface area contributed by atoms with Gasteiger partial charge in [-0.3, -0.25) is 0 Å². The van der Waals surface area contributed by atoms with Crippen LogP contribution in [-0.4, -0.2) is 6.54 Å². The minimum Gasteiger partial charge on any atom is -0.388 e. The molecule has 1 nitrogen and oxygen atoms in total. The zero-order chi connectivity index (χ0) is 25.3. The summed E-state index contributed by atoms with van der Waals surface area (Å²) in [5.41, 5.74) is 7.38. The Morgan fingerprint density at radius 1 is 0.474 bits per heavy atom. The molecule has 0 aromatic carbocycles. The van der Waals surface area contributed by atoms with Crippen LogP contribution in [0.5, 0.6) is 0 Å². The van der Waals surface area contributed by atoms with Crippen molar-refractivity contribution < 1.29 is 0 Å². The van der Waals surface area contributed by atoms with Gasteiger partial charge in [-0.25, -0.2) is 0 Å². The molecule has 2 saturated carbocycles. The molecule has 7 aliphatic rings. The lowest BCUT2D eigenvalue weighted by Crippen LogP contribution is -2.36. The summed E-state index contributed by atoms with van der Waals surface area (Å²) in [5, 5.41) is 3.91. The molecule has 7 rings (SSSR count). The first-order chi connectivity index (χ1) is 18.8. The SMILES string of the molecule is C1=CC(C2CCC(C3CCC(C4CCC5=C(C4)CC(C4CNC6=C(CCCC6)C4)CC5)CC3)CC2)CCC1. The van der Waals surface area contributed by atoms with Crippen molar-refractivity contribution in [1.29, 1.82) is 0 Å². The molecule has 210 valence electrons. The quantitative estimate of drug-likeness (QED) is 0.367. The van der Waals surface area contributed by atoms with Crippen LogP contribution < -0.4 is 5.32 Å². The van der Waals surface area contributed by atoms with Crippen molar-refractivity contribution in [2.75, 3.05) is 6.54 Å². The third-order valence-electron chi connectivity index (χ3n) is 13.3. The molecule has 0 radical (unpaired) electrons. The molecule has 1 N–H and O–H groups in total. The standard InChI is InChI=1S/C37H57N/c1-2-6-26(7-3-1)27-10-12-28(13-11-27)29-14-16-30(17-15-29)32-20-18-31-19-21-33(23-35(31)22-32)36-24-34-8-4-5-9-37(34)38-25-36/h2,6,26-30,32-33,36,38H,1,3-5,7-25H2. The summed E-state index contributed by atoms with van der Waals surface area (Å²) in [4.78, 5) is 0. The van der Waals surface area contributed by atoms with Gasteiger partial charge in [-0.05, 0) is 189 Å². The molecule has 0 bridgehead atoms. The fourth-order valence-corrected chi connectivity index (χ4v) is 11.0. The Morgan fingerprint density at radius 3 is 1.76 bits per heavy atom. The van der Waals surface area contributed by atoms with E-state index in [0.717, 1.165) is 47.3 Å². The minimum atomic E-state index is 0.918. The second-order valence-electron chi connectivity index (χ2n) is 15.2. The zero-order valence-electron chi connectivity index (χ0n) is 24.5. The first kappa shape index (κ1) is 26.0. The molecular formula is C37H57N. The molecule has 4 atom stereocenters. The largest absolute Gasteiger partial charge is 0.388 e. The molecule has 2 fully saturated rings. The van der Waals surface area contributed by atoms with Gasteiger partial charge in [0.15, 0.2) is 0 Å². The number of hydrogen-bond acceptors (Lipinski definition) is 1. The van der Waals surface area contributed by atoms with Crippen molar-refractivity contribution in [2.24, 2.45) is 47.3 Å². The number of hydrogen-bond donors (Lipinski definition) is 1. The molecular weight excluding hydrogens is 458 g/mol. The fraction of sp³-hybridized carbons (Fsp3) is 0.838. The van der Waals surface area contributed by atoms with Gasteiger partial charge >= 0.3 is 0 Å². The van der Waals surface area contributed by atoms with E-state index in [9.17, 15) is 0 Å². The number of allylic oxidation sites excluding steroid dienone is 6. The molecule has 1 aliphatic heterocycles. The fourth-order valence-electron chi connectivity index (χ4n) is 11.0. The van der Waals surface area contributed by atoms with E-state index in [1.807, 2.05) is 16.7 Å². The van der Waals surface area contributed by atoms with Gasteiger partial charge in [0.1, 0.15) is 0 Å². The van der Waals surface area contributed by atoms with E-state index in [-0.39, 0.29) is 0 Å². The van der Waals surface area contributed by atoms with Gasteiger partial charge in [-0.1, -0.05) is 28.9 Å². The lowest BCUT2D eigenvalue weighted by Gasteiger charge is -2.44. The predicted octanol–water partition coefficient (Wildman–Crippen LogP) is 10.3. The number of nitrogens with one attached hydrogen (secondary N) is 1. The summed E-state index contributed by atoms with van der Waals surface area (Å²) in [7, 11) is 0. The van der Waals surface area contributed by atoms with Crippen LogP contribution >= 0.6 is 0 Å². The van der Waals surface area contributed by atoms with E-state index in [1.54, 1.807) is 44.2 Å². The molecule has 0 saturated heterocycles. The van der Waals surface area contributed by atoms with Crippen molar-refractivity contribution in [2.45, 2.75) is 141 Å². The summed E-state index contributed by atoms with van der Waals surface area (Å²) in [5.74, 6) is 8.06. The second kappa shape index (κ2) is 11.9. The van der Waals surface area contributed by atoms with E-state index in [4.69, 9.17) is 0 Å².